The minimum atomic E-state index is -0.330. The summed E-state index contributed by atoms with van der Waals surface area (Å²) in [5, 5.41) is 14.0. The Morgan fingerprint density at radius 2 is 2.00 bits per heavy atom. The number of aromatic amines is 1. The molecule has 0 aliphatic carbocycles. The summed E-state index contributed by atoms with van der Waals surface area (Å²) < 4.78 is 11.2. The van der Waals surface area contributed by atoms with Crippen LogP contribution in [0.5, 0.6) is 11.5 Å². The summed E-state index contributed by atoms with van der Waals surface area (Å²) in [6.45, 7) is 5.65. The van der Waals surface area contributed by atoms with Crippen LogP contribution in [0.1, 0.15) is 20.8 Å². The maximum absolute atomic E-state index is 12.1. The Hall–Kier alpha value is -3.85. The highest BCUT2D eigenvalue weighted by Crippen LogP contribution is 2.38. The van der Waals surface area contributed by atoms with Gasteiger partial charge in [0.05, 0.1) is 34.9 Å². The topological polar surface area (TPSA) is 114 Å². The average molecular weight is 481 g/mol. The SMILES string of the molecule is COc1c(Cl)ccc2nc(-c3cccc(OCC(=O)NC(C)(C)C)c3)nc(Nc3cn[nH]c3)c12. The Bertz CT molecular complexity index is 1320. The first-order chi connectivity index (χ1) is 16.2. The van der Waals surface area contributed by atoms with Gasteiger partial charge in [0, 0.05) is 17.3 Å². The summed E-state index contributed by atoms with van der Waals surface area (Å²) in [4.78, 5) is 21.6. The molecule has 10 heteroatoms. The molecule has 9 nitrogen and oxygen atoms in total. The monoisotopic (exact) mass is 480 g/mol. The Morgan fingerprint density at radius 1 is 1.18 bits per heavy atom. The van der Waals surface area contributed by atoms with Crippen LogP contribution in [0.15, 0.2) is 48.8 Å². The van der Waals surface area contributed by atoms with Crippen molar-refractivity contribution >= 4 is 39.9 Å². The number of carbonyl (C=O) groups excluding carboxylic acids is 1. The number of benzene rings is 2. The highest BCUT2D eigenvalue weighted by molar-refractivity contribution is 6.33. The number of nitrogens with one attached hydrogen (secondary N) is 3. The van der Waals surface area contributed by atoms with Crippen molar-refractivity contribution in [2.24, 2.45) is 0 Å². The number of ether oxygens (including phenoxy) is 2. The second kappa shape index (κ2) is 9.56. The lowest BCUT2D eigenvalue weighted by Crippen LogP contribution is -2.43. The van der Waals surface area contributed by atoms with Crippen molar-refractivity contribution in [3.05, 3.63) is 53.8 Å². The van der Waals surface area contributed by atoms with E-state index in [2.05, 4.69) is 20.8 Å². The van der Waals surface area contributed by atoms with Gasteiger partial charge in [0.25, 0.3) is 5.91 Å². The number of aromatic nitrogens is 4. The Morgan fingerprint density at radius 3 is 2.71 bits per heavy atom. The van der Waals surface area contributed by atoms with Crippen LogP contribution in [0.3, 0.4) is 0 Å². The molecule has 2 aromatic carbocycles. The van der Waals surface area contributed by atoms with Crippen LogP contribution in [-0.4, -0.2) is 45.3 Å². The van der Waals surface area contributed by atoms with Crippen molar-refractivity contribution in [1.82, 2.24) is 25.5 Å². The molecular weight excluding hydrogens is 456 g/mol. The zero-order chi connectivity index (χ0) is 24.3. The molecule has 0 unspecified atom stereocenters. The molecule has 34 heavy (non-hydrogen) atoms. The normalized spacial score (nSPS) is 11.3. The number of hydrogen-bond donors (Lipinski definition) is 3. The average Bonchev–Trinajstić information content (AvgIpc) is 3.30. The Kier molecular flexibility index (Phi) is 6.56. The van der Waals surface area contributed by atoms with Gasteiger partial charge in [-0.3, -0.25) is 9.89 Å². The quantitative estimate of drug-likeness (QED) is 0.350. The van der Waals surface area contributed by atoms with Crippen molar-refractivity contribution in [1.29, 1.82) is 0 Å². The van der Waals surface area contributed by atoms with E-state index in [0.29, 0.717) is 39.1 Å². The predicted octanol–water partition coefficient (Wildman–Crippen LogP) is 4.72. The van der Waals surface area contributed by atoms with Gasteiger partial charge in [-0.1, -0.05) is 23.7 Å². The number of H-pyrrole nitrogens is 1. The molecule has 3 N–H and O–H groups in total. The van der Waals surface area contributed by atoms with Crippen LogP contribution in [-0.2, 0) is 4.79 Å². The molecule has 1 amide bonds. The first-order valence-corrected chi connectivity index (χ1v) is 11.0. The van der Waals surface area contributed by atoms with Gasteiger partial charge in [0.15, 0.2) is 18.2 Å². The molecule has 176 valence electrons. The van der Waals surface area contributed by atoms with Crippen LogP contribution in [0.2, 0.25) is 5.02 Å². The van der Waals surface area contributed by atoms with Gasteiger partial charge in [0.1, 0.15) is 11.6 Å². The van der Waals surface area contributed by atoms with E-state index in [1.807, 2.05) is 39.0 Å². The van der Waals surface area contributed by atoms with E-state index in [9.17, 15) is 4.79 Å². The van der Waals surface area contributed by atoms with Crippen molar-refractivity contribution in [2.75, 3.05) is 19.0 Å². The van der Waals surface area contributed by atoms with Gasteiger partial charge in [-0.25, -0.2) is 9.97 Å². The lowest BCUT2D eigenvalue weighted by molar-refractivity contribution is -0.124. The molecule has 0 bridgehead atoms. The summed E-state index contributed by atoms with van der Waals surface area (Å²) in [5.74, 6) is 1.78. The van der Waals surface area contributed by atoms with E-state index < -0.39 is 0 Å². The smallest absolute Gasteiger partial charge is 0.258 e. The maximum atomic E-state index is 12.1. The van der Waals surface area contributed by atoms with Crippen LogP contribution < -0.4 is 20.1 Å². The molecule has 4 rings (SSSR count). The van der Waals surface area contributed by atoms with Crippen molar-refractivity contribution in [3.63, 3.8) is 0 Å². The lowest BCUT2D eigenvalue weighted by atomic mass is 10.1. The van der Waals surface area contributed by atoms with E-state index >= 15 is 0 Å². The number of amides is 1. The third-order valence-corrected chi connectivity index (χ3v) is 5.01. The first-order valence-electron chi connectivity index (χ1n) is 10.6. The highest BCUT2D eigenvalue weighted by atomic mass is 35.5. The number of methoxy groups -OCH3 is 1. The molecule has 0 radical (unpaired) electrons. The van der Waals surface area contributed by atoms with E-state index in [1.165, 1.54) is 0 Å². The molecule has 0 saturated carbocycles. The summed E-state index contributed by atoms with van der Waals surface area (Å²) >= 11 is 6.36. The van der Waals surface area contributed by atoms with Gasteiger partial charge in [-0.2, -0.15) is 5.10 Å². The number of fused-ring (bicyclic) bond motifs is 1. The number of nitrogens with zero attached hydrogens (tertiary/aromatic N) is 3. The molecule has 2 heterocycles. The predicted molar refractivity (Wildman–Crippen MR) is 132 cm³/mol. The summed E-state index contributed by atoms with van der Waals surface area (Å²) in [6.07, 6.45) is 3.35. The molecule has 2 aromatic heterocycles. The summed E-state index contributed by atoms with van der Waals surface area (Å²) in [5.41, 5.74) is 1.76. The third-order valence-electron chi connectivity index (χ3n) is 4.71. The summed E-state index contributed by atoms with van der Waals surface area (Å²) in [6, 6.07) is 10.8. The van der Waals surface area contributed by atoms with Gasteiger partial charge >= 0.3 is 0 Å². The molecule has 4 aromatic rings. The van der Waals surface area contributed by atoms with Crippen LogP contribution in [0, 0.1) is 0 Å². The maximum Gasteiger partial charge on any atom is 0.258 e. The zero-order valence-electron chi connectivity index (χ0n) is 19.3. The number of anilines is 2. The van der Waals surface area contributed by atoms with E-state index in [-0.39, 0.29) is 18.1 Å². The number of halogens is 1. The van der Waals surface area contributed by atoms with Crippen LogP contribution in [0.25, 0.3) is 22.3 Å². The Labute approximate surface area is 201 Å². The summed E-state index contributed by atoms with van der Waals surface area (Å²) in [7, 11) is 1.55. The molecule has 0 spiro atoms. The second-order valence-electron chi connectivity index (χ2n) is 8.60. The fraction of sp³-hybridized carbons (Fsp3) is 0.250. The van der Waals surface area contributed by atoms with Gasteiger partial charge in [0.2, 0.25) is 0 Å². The standard InChI is InChI=1S/C24H25ClN6O3/c1-24(2,3)31-19(32)13-34-16-7-5-6-14(10-16)22-29-18-9-8-17(25)21(33-4)20(18)23(30-22)28-15-11-26-27-12-15/h5-12H,13H2,1-4H3,(H,26,27)(H,31,32)(H,28,29,30). The fourth-order valence-electron chi connectivity index (χ4n) is 3.37. The van der Waals surface area contributed by atoms with E-state index in [4.69, 9.17) is 31.0 Å². The molecule has 0 saturated heterocycles. The second-order valence-corrected chi connectivity index (χ2v) is 9.00. The van der Waals surface area contributed by atoms with Crippen LogP contribution >= 0.6 is 11.6 Å². The minimum Gasteiger partial charge on any atom is -0.494 e. The van der Waals surface area contributed by atoms with Crippen molar-refractivity contribution < 1.29 is 14.3 Å². The largest absolute Gasteiger partial charge is 0.494 e. The molecule has 0 aliphatic heterocycles. The number of hydrogen-bond acceptors (Lipinski definition) is 7. The zero-order valence-corrected chi connectivity index (χ0v) is 20.0. The molecule has 0 aliphatic rings. The van der Waals surface area contributed by atoms with Gasteiger partial charge < -0.3 is 20.1 Å². The van der Waals surface area contributed by atoms with Crippen LogP contribution in [0.4, 0.5) is 11.5 Å². The van der Waals surface area contributed by atoms with Gasteiger partial charge in [-0.05, 0) is 45.0 Å². The minimum absolute atomic E-state index is 0.0949. The number of carbonyl (C=O) groups is 1. The Balaban J connectivity index is 1.70. The third kappa shape index (κ3) is 5.37. The first kappa shape index (κ1) is 23.3. The molecular formula is C24H25ClN6O3. The van der Waals surface area contributed by atoms with Crippen molar-refractivity contribution in [3.8, 4) is 22.9 Å². The molecule has 0 fully saturated rings. The molecule has 0 atom stereocenters. The van der Waals surface area contributed by atoms with Gasteiger partial charge in [-0.15, -0.1) is 0 Å². The van der Waals surface area contributed by atoms with E-state index in [0.717, 1.165) is 11.3 Å². The number of rotatable bonds is 7. The fourth-order valence-corrected chi connectivity index (χ4v) is 3.61. The van der Waals surface area contributed by atoms with Crippen molar-refractivity contribution in [2.45, 2.75) is 26.3 Å². The van der Waals surface area contributed by atoms with E-state index in [1.54, 1.807) is 37.7 Å². The lowest BCUT2D eigenvalue weighted by Gasteiger charge is -2.20. The highest BCUT2D eigenvalue weighted by Gasteiger charge is 2.18.